The molecule has 0 aromatic heterocycles. The van der Waals surface area contributed by atoms with Gasteiger partial charge in [0, 0.05) is 19.0 Å². The highest BCUT2D eigenvalue weighted by Gasteiger charge is 2.09. The summed E-state index contributed by atoms with van der Waals surface area (Å²) in [4.78, 5) is 13.9. The first kappa shape index (κ1) is 16.4. The van der Waals surface area contributed by atoms with Crippen molar-refractivity contribution in [3.05, 3.63) is 0 Å². The van der Waals surface area contributed by atoms with E-state index in [9.17, 15) is 4.79 Å². The molecule has 0 saturated heterocycles. The highest BCUT2D eigenvalue weighted by molar-refractivity contribution is 5.76. The maximum atomic E-state index is 11.6. The zero-order valence-electron chi connectivity index (χ0n) is 11.7. The molecule has 17 heavy (non-hydrogen) atoms. The van der Waals surface area contributed by atoms with Gasteiger partial charge in [0.1, 0.15) is 0 Å². The van der Waals surface area contributed by atoms with Gasteiger partial charge in [-0.2, -0.15) is 0 Å². The SMILES string of the molecule is CCN(CC)CC(C)NC(=O)CCCCCN. The molecule has 0 aliphatic carbocycles. The number of likely N-dealkylation sites (N-methyl/N-ethyl adjacent to an activating group) is 1. The number of unbranched alkanes of at least 4 members (excludes halogenated alkanes) is 2. The Morgan fingerprint density at radius 2 is 1.88 bits per heavy atom. The van der Waals surface area contributed by atoms with E-state index in [-0.39, 0.29) is 11.9 Å². The number of hydrogen-bond acceptors (Lipinski definition) is 3. The molecule has 0 aromatic carbocycles. The molecule has 0 rings (SSSR count). The van der Waals surface area contributed by atoms with Crippen LogP contribution in [0.15, 0.2) is 0 Å². The summed E-state index contributed by atoms with van der Waals surface area (Å²) in [6.07, 6.45) is 3.64. The maximum absolute atomic E-state index is 11.6. The third kappa shape index (κ3) is 9.12. The zero-order valence-corrected chi connectivity index (χ0v) is 11.7. The van der Waals surface area contributed by atoms with Gasteiger partial charge in [-0.05, 0) is 39.4 Å². The minimum atomic E-state index is 0.168. The summed E-state index contributed by atoms with van der Waals surface area (Å²) in [7, 11) is 0. The molecule has 102 valence electrons. The molecule has 1 amide bonds. The number of nitrogens with one attached hydrogen (secondary N) is 1. The van der Waals surface area contributed by atoms with Crippen LogP contribution in [0.1, 0.15) is 46.5 Å². The maximum Gasteiger partial charge on any atom is 0.220 e. The molecule has 0 aliphatic heterocycles. The molecular formula is C13H29N3O. The predicted molar refractivity (Wildman–Crippen MR) is 72.9 cm³/mol. The van der Waals surface area contributed by atoms with E-state index >= 15 is 0 Å². The first-order valence-corrected chi connectivity index (χ1v) is 6.85. The average Bonchev–Trinajstić information content (AvgIpc) is 2.31. The smallest absolute Gasteiger partial charge is 0.220 e. The van der Waals surface area contributed by atoms with Crippen LogP contribution >= 0.6 is 0 Å². The molecule has 4 heteroatoms. The van der Waals surface area contributed by atoms with E-state index in [0.29, 0.717) is 6.42 Å². The number of carbonyl (C=O) groups is 1. The van der Waals surface area contributed by atoms with Crippen molar-refractivity contribution < 1.29 is 4.79 Å². The van der Waals surface area contributed by atoms with Gasteiger partial charge in [0.05, 0.1) is 0 Å². The number of amides is 1. The summed E-state index contributed by atoms with van der Waals surface area (Å²) < 4.78 is 0. The van der Waals surface area contributed by atoms with E-state index in [1.807, 2.05) is 0 Å². The summed E-state index contributed by atoms with van der Waals surface area (Å²) >= 11 is 0. The Morgan fingerprint density at radius 3 is 2.41 bits per heavy atom. The van der Waals surface area contributed by atoms with Crippen LogP contribution in [0.5, 0.6) is 0 Å². The van der Waals surface area contributed by atoms with Gasteiger partial charge in [0.15, 0.2) is 0 Å². The van der Waals surface area contributed by atoms with E-state index in [0.717, 1.165) is 45.4 Å². The van der Waals surface area contributed by atoms with Gasteiger partial charge in [-0.15, -0.1) is 0 Å². The van der Waals surface area contributed by atoms with Crippen LogP contribution in [-0.2, 0) is 4.79 Å². The number of rotatable bonds is 10. The topological polar surface area (TPSA) is 58.4 Å². The molecule has 0 aliphatic rings. The Hall–Kier alpha value is -0.610. The summed E-state index contributed by atoms with van der Waals surface area (Å²) in [6, 6.07) is 0.233. The normalized spacial score (nSPS) is 12.8. The van der Waals surface area contributed by atoms with Crippen LogP contribution in [0.3, 0.4) is 0 Å². The Kier molecular flexibility index (Phi) is 10.2. The number of nitrogens with zero attached hydrogens (tertiary/aromatic N) is 1. The Bertz CT molecular complexity index is 193. The summed E-state index contributed by atoms with van der Waals surface area (Å²) in [5.74, 6) is 0.168. The van der Waals surface area contributed by atoms with Crippen LogP contribution in [0.2, 0.25) is 0 Å². The fourth-order valence-electron chi connectivity index (χ4n) is 1.87. The van der Waals surface area contributed by atoms with Crippen molar-refractivity contribution in [2.75, 3.05) is 26.2 Å². The average molecular weight is 243 g/mol. The fourth-order valence-corrected chi connectivity index (χ4v) is 1.87. The van der Waals surface area contributed by atoms with E-state index in [2.05, 4.69) is 31.0 Å². The van der Waals surface area contributed by atoms with Gasteiger partial charge in [-0.3, -0.25) is 4.79 Å². The highest BCUT2D eigenvalue weighted by Crippen LogP contribution is 1.99. The lowest BCUT2D eigenvalue weighted by Gasteiger charge is -2.23. The van der Waals surface area contributed by atoms with E-state index in [1.54, 1.807) is 0 Å². The van der Waals surface area contributed by atoms with Crippen molar-refractivity contribution in [1.29, 1.82) is 0 Å². The van der Waals surface area contributed by atoms with Crippen LogP contribution in [-0.4, -0.2) is 43.0 Å². The van der Waals surface area contributed by atoms with Crippen LogP contribution in [0, 0.1) is 0 Å². The van der Waals surface area contributed by atoms with Gasteiger partial charge in [-0.1, -0.05) is 20.3 Å². The number of nitrogens with two attached hydrogens (primary N) is 1. The lowest BCUT2D eigenvalue weighted by molar-refractivity contribution is -0.121. The van der Waals surface area contributed by atoms with Gasteiger partial charge in [0.2, 0.25) is 5.91 Å². The number of hydrogen-bond donors (Lipinski definition) is 2. The Balaban J connectivity index is 3.64. The quantitative estimate of drug-likeness (QED) is 0.569. The van der Waals surface area contributed by atoms with Gasteiger partial charge >= 0.3 is 0 Å². The van der Waals surface area contributed by atoms with Crippen molar-refractivity contribution >= 4 is 5.91 Å². The molecule has 0 aromatic rings. The molecule has 0 spiro atoms. The van der Waals surface area contributed by atoms with E-state index in [4.69, 9.17) is 5.73 Å². The molecule has 3 N–H and O–H groups in total. The molecule has 0 fully saturated rings. The predicted octanol–water partition coefficient (Wildman–Crippen LogP) is 1.35. The zero-order chi connectivity index (χ0) is 13.1. The first-order valence-electron chi connectivity index (χ1n) is 6.85. The molecule has 0 saturated carbocycles. The Morgan fingerprint density at radius 1 is 1.24 bits per heavy atom. The van der Waals surface area contributed by atoms with Gasteiger partial charge in [-0.25, -0.2) is 0 Å². The second-order valence-corrected chi connectivity index (χ2v) is 4.55. The van der Waals surface area contributed by atoms with Crippen molar-refractivity contribution in [2.24, 2.45) is 5.73 Å². The molecular weight excluding hydrogens is 214 g/mol. The fraction of sp³-hybridized carbons (Fsp3) is 0.923. The van der Waals surface area contributed by atoms with Crippen LogP contribution in [0.25, 0.3) is 0 Å². The highest BCUT2D eigenvalue weighted by atomic mass is 16.1. The summed E-state index contributed by atoms with van der Waals surface area (Å²) in [5.41, 5.74) is 5.41. The monoisotopic (exact) mass is 243 g/mol. The number of carbonyl (C=O) groups excluding carboxylic acids is 1. The summed E-state index contributed by atoms with van der Waals surface area (Å²) in [6.45, 7) is 10.1. The first-order chi connectivity index (χ1) is 8.13. The third-order valence-corrected chi connectivity index (χ3v) is 2.94. The second-order valence-electron chi connectivity index (χ2n) is 4.55. The van der Waals surface area contributed by atoms with E-state index < -0.39 is 0 Å². The van der Waals surface area contributed by atoms with Crippen LogP contribution in [0.4, 0.5) is 0 Å². The lowest BCUT2D eigenvalue weighted by atomic mass is 10.2. The molecule has 0 bridgehead atoms. The minimum Gasteiger partial charge on any atom is -0.352 e. The van der Waals surface area contributed by atoms with Crippen molar-refractivity contribution in [3.8, 4) is 0 Å². The van der Waals surface area contributed by atoms with Crippen molar-refractivity contribution in [2.45, 2.75) is 52.5 Å². The Labute approximate surface area is 106 Å². The van der Waals surface area contributed by atoms with E-state index in [1.165, 1.54) is 0 Å². The standard InChI is InChI=1S/C13H29N3O/c1-4-16(5-2)11-12(3)15-13(17)9-7-6-8-10-14/h12H,4-11,14H2,1-3H3,(H,15,17). The molecule has 0 heterocycles. The molecule has 4 nitrogen and oxygen atoms in total. The molecule has 1 unspecified atom stereocenters. The van der Waals surface area contributed by atoms with Crippen molar-refractivity contribution in [1.82, 2.24) is 10.2 Å². The molecule has 1 atom stereocenters. The summed E-state index contributed by atoms with van der Waals surface area (Å²) in [5, 5.41) is 3.04. The van der Waals surface area contributed by atoms with Gasteiger partial charge < -0.3 is 16.0 Å². The largest absolute Gasteiger partial charge is 0.352 e. The van der Waals surface area contributed by atoms with Crippen LogP contribution < -0.4 is 11.1 Å². The van der Waals surface area contributed by atoms with Gasteiger partial charge in [0.25, 0.3) is 0 Å². The lowest BCUT2D eigenvalue weighted by Crippen LogP contribution is -2.41. The van der Waals surface area contributed by atoms with Crippen molar-refractivity contribution in [3.63, 3.8) is 0 Å². The molecule has 0 radical (unpaired) electrons. The minimum absolute atomic E-state index is 0.168. The third-order valence-electron chi connectivity index (χ3n) is 2.94. The second kappa shape index (κ2) is 10.5.